The van der Waals surface area contributed by atoms with E-state index >= 15 is 0 Å². The number of ether oxygens (including phenoxy) is 13. The van der Waals surface area contributed by atoms with Crippen LogP contribution in [0.3, 0.4) is 0 Å². The molecule has 32 nitrogen and oxygen atoms in total. The molecule has 9 amide bonds. The molecule has 1 unspecified atom stereocenters. The molecule has 5 N–H and O–H groups in total. The molecule has 638 valence electrons. The maximum absolute atomic E-state index is 14.3. The Hall–Kier alpha value is -9.12. The van der Waals surface area contributed by atoms with Crippen LogP contribution in [0.15, 0.2) is 77.1 Å². The number of hydrogen-bond donors (Lipinski definition) is 5. The number of unbranched alkanes of at least 4 members (excludes halogenated alkanes) is 2. The number of likely N-dealkylation sites (tertiary alicyclic amines) is 1. The van der Waals surface area contributed by atoms with Crippen molar-refractivity contribution < 1.29 is 110 Å². The van der Waals surface area contributed by atoms with Crippen LogP contribution in [0.2, 0.25) is 0 Å². The average molecular weight is 1620 g/mol. The summed E-state index contributed by atoms with van der Waals surface area (Å²) in [5.74, 6) is -1.53. The number of anilines is 2. The van der Waals surface area contributed by atoms with Crippen LogP contribution >= 0.6 is 0 Å². The van der Waals surface area contributed by atoms with Crippen molar-refractivity contribution in [2.24, 2.45) is 22.7 Å². The molecule has 0 bridgehead atoms. The summed E-state index contributed by atoms with van der Waals surface area (Å²) >= 11 is 0. The van der Waals surface area contributed by atoms with Gasteiger partial charge in [-0.05, 0) is 107 Å². The Kier molecular flexibility index (Phi) is 37.5. The molecule has 32 heteroatoms. The minimum Gasteiger partial charge on any atom is -0.493 e. The van der Waals surface area contributed by atoms with Gasteiger partial charge in [0.25, 0.3) is 11.8 Å². The number of aliphatic imine (C=N–C) groups is 1. The molecule has 6 aliphatic rings. The molecule has 5 heterocycles. The molecule has 116 heavy (non-hydrogen) atoms. The number of nitrogens with one attached hydrogen (secondary N) is 4. The van der Waals surface area contributed by atoms with Crippen molar-refractivity contribution >= 4 is 76.6 Å². The Morgan fingerprint density at radius 3 is 1.68 bits per heavy atom. The third kappa shape index (κ3) is 27.5. The van der Waals surface area contributed by atoms with Crippen LogP contribution in [0.4, 0.5) is 21.9 Å². The van der Waals surface area contributed by atoms with E-state index in [9.17, 15) is 48.3 Å². The van der Waals surface area contributed by atoms with Gasteiger partial charge in [-0.2, -0.15) is 0 Å². The summed E-state index contributed by atoms with van der Waals surface area (Å²) < 4.78 is 74.0. The number of nitrogens with zero attached hydrogens (tertiary/aromatic N) is 5. The van der Waals surface area contributed by atoms with Crippen molar-refractivity contribution in [3.05, 3.63) is 88.8 Å². The molecular weight excluding hydrogens is 1500 g/mol. The summed E-state index contributed by atoms with van der Waals surface area (Å²) in [6.07, 6.45) is 15.2. The Morgan fingerprint density at radius 2 is 1.09 bits per heavy atom. The third-order valence-electron chi connectivity index (χ3n) is 20.8. The van der Waals surface area contributed by atoms with Crippen LogP contribution in [-0.2, 0) is 78.0 Å². The average Bonchev–Trinajstić information content (AvgIpc) is 1.58. The Labute approximate surface area is 679 Å². The van der Waals surface area contributed by atoms with Crippen LogP contribution in [0, 0.1) is 17.8 Å². The monoisotopic (exact) mass is 1620 g/mol. The number of imide groups is 1. The zero-order valence-electron chi connectivity index (χ0n) is 68.3. The molecule has 9 rings (SSSR count). The first-order valence-electron chi connectivity index (χ1n) is 40.8. The molecule has 1 saturated heterocycles. The molecule has 0 radical (unpaired) electrons. The first kappa shape index (κ1) is 90.8. The lowest BCUT2D eigenvalue weighted by Gasteiger charge is -2.31. The molecule has 0 aromatic heterocycles. The fraction of sp³-hybridized carbons (Fsp3) is 0.619. The molecule has 2 fully saturated rings. The van der Waals surface area contributed by atoms with E-state index in [-0.39, 0.29) is 129 Å². The largest absolute Gasteiger partial charge is 0.493 e. The number of rotatable bonds is 49. The highest BCUT2D eigenvalue weighted by Crippen LogP contribution is 2.43. The maximum atomic E-state index is 14.3. The predicted octanol–water partition coefficient (Wildman–Crippen LogP) is 8.50. The number of carbonyl (C=O) groups excluding carboxylic acids is 9. The van der Waals surface area contributed by atoms with Crippen molar-refractivity contribution in [2.45, 2.75) is 174 Å². The van der Waals surface area contributed by atoms with E-state index in [1.165, 1.54) is 68.8 Å². The zero-order chi connectivity index (χ0) is 82.7. The zero-order valence-corrected chi connectivity index (χ0v) is 68.3. The molecule has 5 aliphatic heterocycles. The van der Waals surface area contributed by atoms with E-state index in [2.05, 4.69) is 26.3 Å². The molecule has 1 aliphatic carbocycles. The van der Waals surface area contributed by atoms with E-state index in [0.717, 1.165) is 48.2 Å². The van der Waals surface area contributed by atoms with Crippen molar-refractivity contribution in [1.82, 2.24) is 30.7 Å². The Balaban J connectivity index is 0.568. The molecule has 6 atom stereocenters. The lowest BCUT2D eigenvalue weighted by atomic mass is 9.83. The van der Waals surface area contributed by atoms with Crippen molar-refractivity contribution in [3.8, 4) is 23.0 Å². The van der Waals surface area contributed by atoms with Crippen molar-refractivity contribution in [3.63, 3.8) is 0 Å². The number of aliphatic hydroxyl groups is 1. The summed E-state index contributed by atoms with van der Waals surface area (Å²) in [4.78, 5) is 130. The topological polar surface area (TPSA) is 367 Å². The van der Waals surface area contributed by atoms with Crippen LogP contribution in [-0.4, -0.2) is 256 Å². The van der Waals surface area contributed by atoms with Gasteiger partial charge in [0.1, 0.15) is 18.7 Å². The van der Waals surface area contributed by atoms with Gasteiger partial charge in [-0.3, -0.25) is 48.2 Å². The normalized spacial score (nSPS) is 18.7. The Morgan fingerprint density at radius 1 is 0.560 bits per heavy atom. The highest BCUT2D eigenvalue weighted by atomic mass is 16.6. The van der Waals surface area contributed by atoms with Crippen LogP contribution in [0.25, 0.3) is 0 Å². The second-order valence-electron chi connectivity index (χ2n) is 29.9. The van der Waals surface area contributed by atoms with Gasteiger partial charge in [0.2, 0.25) is 35.4 Å². The minimum atomic E-state index is -1.53. The first-order chi connectivity index (χ1) is 56.2. The van der Waals surface area contributed by atoms with Gasteiger partial charge in [0.05, 0.1) is 174 Å². The standard InChI is InChI=1S/C84H119N9O23/c1-56(2)77(89-75(95)24-29-106-31-33-108-35-37-110-39-41-112-43-44-113-42-40-111-38-36-109-34-32-107-30-25-85-74(94)23-26-90-76(96)49-64(80(90)99)61-17-13-10-8-9-11-14-18-61)79(98)87-59(5)78(97)88-62-21-19-60(20-22-62)55-116-84(103)93-68-51-73(71(105-7)48-66(68)82(101)92-54-58(4)46-69(92)83(93)102)115-28-16-12-15-27-114-72-50-67-65(47-70(72)104-6)81(100)91-53-57(3)45-63(91)52-86-67/h19-22,47-48,50-54,56,59,61,63-64,69,77,83,102H,8-18,23-46,49,55H2,1-7H3,(H,85,94)(H,87,98)(H,88,97)(H,89,95)/t59-,63-,64?,69-,77-,83-/m0/s1. The minimum absolute atomic E-state index is 0.0136. The van der Waals surface area contributed by atoms with E-state index in [1.807, 2.05) is 20.0 Å². The van der Waals surface area contributed by atoms with E-state index in [4.69, 9.17) is 61.6 Å². The van der Waals surface area contributed by atoms with E-state index < -0.39 is 54.1 Å². The maximum Gasteiger partial charge on any atom is 0.416 e. The summed E-state index contributed by atoms with van der Waals surface area (Å²) in [6.45, 7) is 15.1. The van der Waals surface area contributed by atoms with Crippen molar-refractivity contribution in [1.29, 1.82) is 0 Å². The molecule has 3 aromatic carbocycles. The van der Waals surface area contributed by atoms with Crippen molar-refractivity contribution in [2.75, 3.05) is 156 Å². The van der Waals surface area contributed by atoms with E-state index in [0.29, 0.717) is 159 Å². The molecule has 1 saturated carbocycles. The lowest BCUT2D eigenvalue weighted by Crippen LogP contribution is -2.53. The predicted molar refractivity (Wildman–Crippen MR) is 428 cm³/mol. The number of aliphatic hydroxyl groups excluding tert-OH is 1. The molecular formula is C84H119N9O23. The molecule has 0 spiro atoms. The van der Waals surface area contributed by atoms with Crippen LogP contribution in [0.1, 0.15) is 164 Å². The third-order valence-corrected chi connectivity index (χ3v) is 20.8. The number of methoxy groups -OCH3 is 2. The van der Waals surface area contributed by atoms with Gasteiger partial charge >= 0.3 is 6.09 Å². The SMILES string of the molecule is COc1cc2c(cc1OCCCCCOc1cc3c(cc1OC)C(=O)N1C=C(C)C[C@H]1[C@H](O)N3C(=O)OCc1ccc(NC(=O)[C@H](C)NC(=O)[C@@H](NC(=O)CCOCCOCCOCCOCCOCCOCCOCCOCCNC(=O)CCN3C(=O)CC(C4CCCCCCCC4)C3=O)C(C)C)cc1)N=C[C@@H]1CC(C)=CN1C2=O. The van der Waals surface area contributed by atoms with Crippen LogP contribution < -0.4 is 45.1 Å². The number of amides is 9. The highest BCUT2D eigenvalue weighted by Gasteiger charge is 2.46. The smallest absolute Gasteiger partial charge is 0.416 e. The van der Waals surface area contributed by atoms with Gasteiger partial charge in [0, 0.05) is 68.8 Å². The number of carbonyl (C=O) groups is 9. The second kappa shape index (κ2) is 47.9. The van der Waals surface area contributed by atoms with E-state index in [1.54, 1.807) is 67.6 Å². The number of fused-ring (bicyclic) bond motifs is 4. The first-order valence-corrected chi connectivity index (χ1v) is 40.8. The van der Waals surface area contributed by atoms with Gasteiger partial charge in [-0.15, -0.1) is 0 Å². The van der Waals surface area contributed by atoms with Gasteiger partial charge in [0.15, 0.2) is 29.2 Å². The number of hydrogen-bond acceptors (Lipinski definition) is 24. The Bertz CT molecular complexity index is 3830. The highest BCUT2D eigenvalue weighted by molar-refractivity contribution is 6.07. The molecule has 3 aromatic rings. The van der Waals surface area contributed by atoms with Gasteiger partial charge < -0.3 is 97.8 Å². The lowest BCUT2D eigenvalue weighted by molar-refractivity contribution is -0.140. The quantitative estimate of drug-likeness (QED) is 0.0261. The number of benzene rings is 3. The van der Waals surface area contributed by atoms with Crippen LogP contribution in [0.5, 0.6) is 23.0 Å². The fourth-order valence-electron chi connectivity index (χ4n) is 14.5. The van der Waals surface area contributed by atoms with Gasteiger partial charge in [-0.1, -0.05) is 75.7 Å². The van der Waals surface area contributed by atoms with Gasteiger partial charge in [-0.25, -0.2) is 9.69 Å². The summed E-state index contributed by atoms with van der Waals surface area (Å²) in [7, 11) is 2.96. The fourth-order valence-corrected chi connectivity index (χ4v) is 14.5. The second-order valence-corrected chi connectivity index (χ2v) is 29.9. The summed E-state index contributed by atoms with van der Waals surface area (Å²) in [5, 5.41) is 23.0. The summed E-state index contributed by atoms with van der Waals surface area (Å²) in [6, 6.07) is 9.95. The summed E-state index contributed by atoms with van der Waals surface area (Å²) in [5.41, 5.74) is 3.92.